The number of rotatable bonds is 3. The first-order valence-corrected chi connectivity index (χ1v) is 8.41. The minimum atomic E-state index is -3.22. The molecule has 1 N–H and O–H groups in total. The molecule has 0 saturated carbocycles. The summed E-state index contributed by atoms with van der Waals surface area (Å²) in [7, 11) is -3.22. The van der Waals surface area contributed by atoms with Crippen molar-refractivity contribution < 1.29 is 17.7 Å². The van der Waals surface area contributed by atoms with E-state index in [9.17, 15) is 13.2 Å². The normalized spacial score (nSPS) is 19.2. The molecule has 0 unspecified atom stereocenters. The molecule has 3 rings (SSSR count). The number of hydrogen-bond acceptors (Lipinski definition) is 5. The van der Waals surface area contributed by atoms with Crippen LogP contribution >= 0.6 is 0 Å². The molecule has 1 aromatic heterocycles. The number of amides is 1. The number of nitrogens with one attached hydrogen (secondary N) is 1. The number of aryl methyl sites for hydroxylation is 1. The molecule has 2 heterocycles. The first kappa shape index (κ1) is 14.5. The van der Waals surface area contributed by atoms with Gasteiger partial charge in [-0.05, 0) is 13.0 Å². The molecule has 0 fully saturated rings. The van der Waals surface area contributed by atoms with E-state index in [0.29, 0.717) is 17.0 Å². The highest BCUT2D eigenvalue weighted by atomic mass is 32.2. The van der Waals surface area contributed by atoms with Crippen molar-refractivity contribution in [2.45, 2.75) is 13.0 Å². The van der Waals surface area contributed by atoms with Crippen LogP contribution in [-0.4, -0.2) is 31.3 Å². The molecule has 0 spiro atoms. The zero-order valence-corrected chi connectivity index (χ0v) is 12.6. The fourth-order valence-corrected chi connectivity index (χ4v) is 3.57. The Morgan fingerprint density at radius 3 is 2.68 bits per heavy atom. The van der Waals surface area contributed by atoms with E-state index in [0.717, 1.165) is 11.0 Å². The largest absolute Gasteiger partial charge is 0.360 e. The molecule has 114 valence electrons. The molecular weight excluding hydrogens is 304 g/mol. The fourth-order valence-electron chi connectivity index (χ4n) is 2.34. The summed E-state index contributed by atoms with van der Waals surface area (Å²) in [6.07, 6.45) is 1.47. The molecule has 2 aromatic rings. The monoisotopic (exact) mass is 318 g/mol. The Morgan fingerprint density at radius 1 is 1.32 bits per heavy atom. The minimum Gasteiger partial charge on any atom is -0.360 e. The average molecular weight is 318 g/mol. The molecule has 0 saturated heterocycles. The van der Waals surface area contributed by atoms with E-state index in [-0.39, 0.29) is 5.75 Å². The maximum absolute atomic E-state index is 12.4. The second-order valence-electron chi connectivity index (χ2n) is 5.07. The van der Waals surface area contributed by atoms with Gasteiger partial charge in [-0.2, -0.15) is 0 Å². The Morgan fingerprint density at radius 2 is 2.05 bits per heavy atom. The number of carbonyl (C=O) groups is 1. The topological polar surface area (TPSA) is 89.3 Å². The van der Waals surface area contributed by atoms with Crippen LogP contribution in [0, 0.1) is 6.92 Å². The fraction of sp³-hybridized carbons (Fsp3) is 0.200. The molecule has 0 bridgehead atoms. The van der Waals surface area contributed by atoms with Crippen LogP contribution in [0.2, 0.25) is 0 Å². The second kappa shape index (κ2) is 5.42. The molecule has 1 aliphatic rings. The van der Waals surface area contributed by atoms with Gasteiger partial charge in [-0.1, -0.05) is 35.5 Å². The van der Waals surface area contributed by atoms with E-state index in [1.165, 1.54) is 6.08 Å². The molecular formula is C15H14N2O4S. The van der Waals surface area contributed by atoms with Crippen molar-refractivity contribution in [2.24, 2.45) is 0 Å². The Balaban J connectivity index is 1.88. The third kappa shape index (κ3) is 2.80. The van der Waals surface area contributed by atoms with Gasteiger partial charge in [0, 0.05) is 11.0 Å². The van der Waals surface area contributed by atoms with E-state index >= 15 is 0 Å². The van der Waals surface area contributed by atoms with Crippen LogP contribution in [0.4, 0.5) is 0 Å². The van der Waals surface area contributed by atoms with Gasteiger partial charge < -0.3 is 9.84 Å². The smallest absolute Gasteiger partial charge is 0.257 e. The van der Waals surface area contributed by atoms with Crippen LogP contribution in [0.3, 0.4) is 0 Å². The highest BCUT2D eigenvalue weighted by Gasteiger charge is 2.27. The van der Waals surface area contributed by atoms with Crippen molar-refractivity contribution in [2.75, 3.05) is 5.75 Å². The summed E-state index contributed by atoms with van der Waals surface area (Å²) < 4.78 is 27.9. The highest BCUT2D eigenvalue weighted by molar-refractivity contribution is 7.94. The maximum atomic E-state index is 12.4. The van der Waals surface area contributed by atoms with Crippen LogP contribution in [0.15, 0.2) is 46.3 Å². The Hall–Kier alpha value is -2.41. The van der Waals surface area contributed by atoms with Crippen LogP contribution in [-0.2, 0) is 9.84 Å². The van der Waals surface area contributed by atoms with Crippen molar-refractivity contribution in [3.8, 4) is 11.3 Å². The first-order chi connectivity index (χ1) is 10.5. The van der Waals surface area contributed by atoms with Crippen LogP contribution in [0.1, 0.15) is 16.1 Å². The first-order valence-electron chi connectivity index (χ1n) is 6.70. The van der Waals surface area contributed by atoms with Crippen LogP contribution < -0.4 is 5.32 Å². The summed E-state index contributed by atoms with van der Waals surface area (Å²) in [6, 6.07) is 8.67. The lowest BCUT2D eigenvalue weighted by molar-refractivity contribution is 0.0946. The lowest BCUT2D eigenvalue weighted by atomic mass is 10.1. The maximum Gasteiger partial charge on any atom is 0.257 e. The highest BCUT2D eigenvalue weighted by Crippen LogP contribution is 2.25. The lowest BCUT2D eigenvalue weighted by Gasteiger charge is -2.10. The van der Waals surface area contributed by atoms with Crippen molar-refractivity contribution in [1.82, 2.24) is 10.5 Å². The Bertz CT molecular complexity index is 838. The predicted molar refractivity (Wildman–Crippen MR) is 80.9 cm³/mol. The molecule has 6 nitrogen and oxygen atoms in total. The van der Waals surface area contributed by atoms with Gasteiger partial charge in [0.1, 0.15) is 17.0 Å². The molecule has 1 amide bonds. The van der Waals surface area contributed by atoms with Gasteiger partial charge in [-0.15, -0.1) is 0 Å². The molecule has 0 radical (unpaired) electrons. The summed E-state index contributed by atoms with van der Waals surface area (Å²) in [5, 5.41) is 7.74. The summed E-state index contributed by atoms with van der Waals surface area (Å²) in [5.74, 6) is -0.130. The van der Waals surface area contributed by atoms with Gasteiger partial charge in [0.2, 0.25) is 0 Å². The van der Waals surface area contributed by atoms with E-state index in [2.05, 4.69) is 10.5 Å². The molecule has 1 atom stereocenters. The van der Waals surface area contributed by atoms with Crippen LogP contribution in [0.25, 0.3) is 11.3 Å². The van der Waals surface area contributed by atoms with Gasteiger partial charge in [0.25, 0.3) is 5.91 Å². The third-order valence-electron chi connectivity index (χ3n) is 3.38. The van der Waals surface area contributed by atoms with Gasteiger partial charge in [0.15, 0.2) is 9.84 Å². The summed E-state index contributed by atoms with van der Waals surface area (Å²) in [6.45, 7) is 1.65. The SMILES string of the molecule is Cc1onc(-c2ccccc2)c1C(=O)N[C@@H]1C=CS(=O)(=O)C1. The number of carbonyl (C=O) groups excluding carboxylic acids is 1. The minimum absolute atomic E-state index is 0.121. The summed E-state index contributed by atoms with van der Waals surface area (Å²) >= 11 is 0. The molecule has 22 heavy (non-hydrogen) atoms. The van der Waals surface area contributed by atoms with Crippen molar-refractivity contribution in [3.63, 3.8) is 0 Å². The predicted octanol–water partition coefficient (Wildman–Crippen LogP) is 1.69. The molecule has 7 heteroatoms. The second-order valence-corrected chi connectivity index (χ2v) is 7.00. The van der Waals surface area contributed by atoms with Gasteiger partial charge in [-0.3, -0.25) is 4.79 Å². The number of nitrogens with zero attached hydrogens (tertiary/aromatic N) is 1. The summed E-state index contributed by atoms with van der Waals surface area (Å²) in [5.41, 5.74) is 1.53. The van der Waals surface area contributed by atoms with Crippen molar-refractivity contribution >= 4 is 15.7 Å². The Kier molecular flexibility index (Phi) is 3.58. The van der Waals surface area contributed by atoms with Crippen LogP contribution in [0.5, 0.6) is 0 Å². The number of hydrogen-bond donors (Lipinski definition) is 1. The third-order valence-corrected chi connectivity index (χ3v) is 4.78. The number of sulfone groups is 1. The average Bonchev–Trinajstić information content (AvgIpc) is 3.02. The summed E-state index contributed by atoms with van der Waals surface area (Å²) in [4.78, 5) is 12.4. The van der Waals surface area contributed by atoms with Crippen molar-refractivity contribution in [3.05, 3.63) is 53.1 Å². The number of aromatic nitrogens is 1. The lowest BCUT2D eigenvalue weighted by Crippen LogP contribution is -2.35. The molecule has 1 aliphatic heterocycles. The quantitative estimate of drug-likeness (QED) is 0.930. The standard InChI is InChI=1S/C15H14N2O4S/c1-10-13(14(17-21-10)11-5-3-2-4-6-11)15(18)16-12-7-8-22(19,20)9-12/h2-8,12H,9H2,1H3,(H,16,18)/t12-/m1/s1. The van der Waals surface area contributed by atoms with E-state index < -0.39 is 21.8 Å². The van der Waals surface area contributed by atoms with Gasteiger partial charge >= 0.3 is 0 Å². The van der Waals surface area contributed by atoms with E-state index in [1.54, 1.807) is 6.92 Å². The van der Waals surface area contributed by atoms with Crippen molar-refractivity contribution in [1.29, 1.82) is 0 Å². The zero-order valence-electron chi connectivity index (χ0n) is 11.8. The Labute approximate surface area is 127 Å². The van der Waals surface area contributed by atoms with Gasteiger partial charge in [0.05, 0.1) is 11.8 Å². The molecule has 0 aliphatic carbocycles. The molecule has 1 aromatic carbocycles. The van der Waals surface area contributed by atoms with E-state index in [4.69, 9.17) is 4.52 Å². The number of benzene rings is 1. The van der Waals surface area contributed by atoms with Gasteiger partial charge in [-0.25, -0.2) is 8.42 Å². The zero-order chi connectivity index (χ0) is 15.7. The van der Waals surface area contributed by atoms with E-state index in [1.807, 2.05) is 30.3 Å².